The van der Waals surface area contributed by atoms with E-state index in [1.54, 1.807) is 6.39 Å². The van der Waals surface area contributed by atoms with Crippen LogP contribution in [0.4, 0.5) is 0 Å². The Morgan fingerprint density at radius 3 is 3.46 bits per heavy atom. The van der Waals surface area contributed by atoms with Crippen LogP contribution in [0.25, 0.3) is 0 Å². The van der Waals surface area contributed by atoms with Crippen molar-refractivity contribution in [1.82, 2.24) is 10.3 Å². The molecule has 1 aliphatic heterocycles. The molecule has 0 radical (unpaired) electrons. The van der Waals surface area contributed by atoms with E-state index in [0.29, 0.717) is 6.04 Å². The highest BCUT2D eigenvalue weighted by Crippen LogP contribution is 2.29. The zero-order valence-corrected chi connectivity index (χ0v) is 7.62. The maximum atomic E-state index is 5.35. The molecule has 0 amide bonds. The van der Waals surface area contributed by atoms with Gasteiger partial charge in [-0.25, -0.2) is 4.98 Å². The first kappa shape index (κ1) is 7.56. The molecule has 1 aromatic heterocycles. The van der Waals surface area contributed by atoms with Gasteiger partial charge in [-0.2, -0.15) is 0 Å². The summed E-state index contributed by atoms with van der Waals surface area (Å²) in [5.41, 5.74) is 1.20. The lowest BCUT2D eigenvalue weighted by Gasteiger charge is -2.34. The molecule has 1 fully saturated rings. The summed E-state index contributed by atoms with van der Waals surface area (Å²) in [7, 11) is 0. The maximum Gasteiger partial charge on any atom is 0.181 e. The third-order valence-electron chi connectivity index (χ3n) is 3.31. The van der Waals surface area contributed by atoms with Crippen LogP contribution < -0.4 is 5.32 Å². The third kappa shape index (κ3) is 1.18. The van der Waals surface area contributed by atoms with E-state index in [0.717, 1.165) is 24.5 Å². The molecule has 3 heteroatoms. The van der Waals surface area contributed by atoms with Gasteiger partial charge in [-0.15, -0.1) is 0 Å². The van der Waals surface area contributed by atoms with E-state index in [9.17, 15) is 0 Å². The Kier molecular flexibility index (Phi) is 1.65. The monoisotopic (exact) mass is 178 g/mol. The van der Waals surface area contributed by atoms with Gasteiger partial charge in [-0.05, 0) is 31.7 Å². The van der Waals surface area contributed by atoms with Crippen molar-refractivity contribution in [3.63, 3.8) is 0 Å². The molecule has 0 aromatic carbocycles. The summed E-state index contributed by atoms with van der Waals surface area (Å²) in [5.74, 6) is 1.90. The van der Waals surface area contributed by atoms with Crippen molar-refractivity contribution in [2.24, 2.45) is 5.92 Å². The molecule has 70 valence electrons. The highest BCUT2D eigenvalue weighted by Gasteiger charge is 2.32. The molecule has 1 aromatic rings. The Balaban J connectivity index is 1.89. The molecule has 2 heterocycles. The first-order valence-electron chi connectivity index (χ1n) is 5.08. The zero-order valence-electron chi connectivity index (χ0n) is 7.62. The second-order valence-electron chi connectivity index (χ2n) is 4.09. The van der Waals surface area contributed by atoms with Crippen LogP contribution in [-0.4, -0.2) is 17.6 Å². The van der Waals surface area contributed by atoms with Crippen LogP contribution >= 0.6 is 0 Å². The molecule has 3 rings (SSSR count). The first-order valence-corrected chi connectivity index (χ1v) is 5.08. The molecule has 2 aliphatic rings. The van der Waals surface area contributed by atoms with Crippen LogP contribution in [0, 0.1) is 5.92 Å². The normalized spacial score (nSPS) is 32.3. The van der Waals surface area contributed by atoms with Crippen molar-refractivity contribution in [3.05, 3.63) is 17.8 Å². The number of hydrogen-bond acceptors (Lipinski definition) is 3. The topological polar surface area (TPSA) is 38.1 Å². The van der Waals surface area contributed by atoms with Crippen molar-refractivity contribution in [2.75, 3.05) is 6.54 Å². The molecule has 0 saturated carbocycles. The standard InChI is InChI=1S/C10H14N2O/c1-2-7-4-9-10(13-6-12-9)5-8(7)11-3-1/h6-8,11H,1-5H2/t7-,8-/m0/s1. The van der Waals surface area contributed by atoms with E-state index < -0.39 is 0 Å². The van der Waals surface area contributed by atoms with E-state index >= 15 is 0 Å². The molecule has 2 atom stereocenters. The number of nitrogens with zero attached hydrogens (tertiary/aromatic N) is 1. The summed E-state index contributed by atoms with van der Waals surface area (Å²) in [5, 5.41) is 3.56. The largest absolute Gasteiger partial charge is 0.448 e. The number of oxazole rings is 1. The lowest BCUT2D eigenvalue weighted by molar-refractivity contribution is 0.247. The van der Waals surface area contributed by atoms with Gasteiger partial charge in [0.2, 0.25) is 0 Å². The highest BCUT2D eigenvalue weighted by atomic mass is 16.3. The van der Waals surface area contributed by atoms with Crippen molar-refractivity contribution in [2.45, 2.75) is 31.7 Å². The number of rotatable bonds is 0. The minimum absolute atomic E-state index is 0.647. The summed E-state index contributed by atoms with van der Waals surface area (Å²) >= 11 is 0. The summed E-state index contributed by atoms with van der Waals surface area (Å²) in [4.78, 5) is 4.25. The molecule has 13 heavy (non-hydrogen) atoms. The average Bonchev–Trinajstić information content (AvgIpc) is 2.61. The molecule has 0 spiro atoms. The van der Waals surface area contributed by atoms with Crippen molar-refractivity contribution >= 4 is 0 Å². The van der Waals surface area contributed by atoms with E-state index in [4.69, 9.17) is 4.42 Å². The minimum atomic E-state index is 0.647. The van der Waals surface area contributed by atoms with Crippen LogP contribution in [0.3, 0.4) is 0 Å². The summed E-state index contributed by atoms with van der Waals surface area (Å²) < 4.78 is 5.35. The number of fused-ring (bicyclic) bond motifs is 2. The minimum Gasteiger partial charge on any atom is -0.448 e. The Labute approximate surface area is 77.5 Å². The second kappa shape index (κ2) is 2.84. The van der Waals surface area contributed by atoms with Gasteiger partial charge in [0.05, 0.1) is 5.69 Å². The summed E-state index contributed by atoms with van der Waals surface area (Å²) in [6.45, 7) is 1.17. The van der Waals surface area contributed by atoms with Gasteiger partial charge < -0.3 is 9.73 Å². The van der Waals surface area contributed by atoms with E-state index in [1.807, 2.05) is 0 Å². The lowest BCUT2D eigenvalue weighted by Crippen LogP contribution is -2.45. The van der Waals surface area contributed by atoms with Gasteiger partial charge >= 0.3 is 0 Å². The average molecular weight is 178 g/mol. The Morgan fingerprint density at radius 1 is 1.46 bits per heavy atom. The van der Waals surface area contributed by atoms with E-state index in [1.165, 1.54) is 25.1 Å². The quantitative estimate of drug-likeness (QED) is 0.647. The van der Waals surface area contributed by atoms with Crippen molar-refractivity contribution in [3.8, 4) is 0 Å². The fourth-order valence-corrected chi connectivity index (χ4v) is 2.58. The predicted octanol–water partition coefficient (Wildman–Crippen LogP) is 1.14. The highest BCUT2D eigenvalue weighted by molar-refractivity contribution is 5.15. The van der Waals surface area contributed by atoms with Gasteiger partial charge in [0.15, 0.2) is 6.39 Å². The van der Waals surface area contributed by atoms with Crippen LogP contribution in [0.15, 0.2) is 10.8 Å². The fourth-order valence-electron chi connectivity index (χ4n) is 2.58. The molecule has 1 aliphatic carbocycles. The number of nitrogens with one attached hydrogen (secondary N) is 1. The van der Waals surface area contributed by atoms with E-state index in [-0.39, 0.29) is 0 Å². The molecule has 0 unspecified atom stereocenters. The third-order valence-corrected chi connectivity index (χ3v) is 3.31. The molecular formula is C10H14N2O. The van der Waals surface area contributed by atoms with Crippen LogP contribution in [-0.2, 0) is 12.8 Å². The maximum absolute atomic E-state index is 5.35. The lowest BCUT2D eigenvalue weighted by atomic mass is 9.80. The molecule has 1 saturated heterocycles. The summed E-state index contributed by atoms with van der Waals surface area (Å²) in [6, 6.07) is 0.647. The first-order chi connectivity index (χ1) is 6.43. The Morgan fingerprint density at radius 2 is 2.46 bits per heavy atom. The second-order valence-corrected chi connectivity index (χ2v) is 4.09. The van der Waals surface area contributed by atoms with Crippen molar-refractivity contribution in [1.29, 1.82) is 0 Å². The van der Waals surface area contributed by atoms with Crippen LogP contribution in [0.5, 0.6) is 0 Å². The van der Waals surface area contributed by atoms with Crippen molar-refractivity contribution < 1.29 is 4.42 Å². The van der Waals surface area contributed by atoms with Gasteiger partial charge in [0.1, 0.15) is 5.76 Å². The predicted molar refractivity (Wildman–Crippen MR) is 48.4 cm³/mol. The zero-order chi connectivity index (χ0) is 8.67. The molecule has 1 N–H and O–H groups in total. The Bertz CT molecular complexity index is 279. The SMILES string of the molecule is c1nc2c(o1)C[C@@H]1NCCC[C@H]1C2. The number of hydrogen-bond donors (Lipinski definition) is 1. The molecule has 0 bridgehead atoms. The smallest absolute Gasteiger partial charge is 0.181 e. The molecule has 3 nitrogen and oxygen atoms in total. The fraction of sp³-hybridized carbons (Fsp3) is 0.700. The van der Waals surface area contributed by atoms with E-state index in [2.05, 4.69) is 10.3 Å². The van der Waals surface area contributed by atoms with Gasteiger partial charge in [0, 0.05) is 12.5 Å². The van der Waals surface area contributed by atoms with Gasteiger partial charge in [-0.3, -0.25) is 0 Å². The number of aromatic nitrogens is 1. The van der Waals surface area contributed by atoms with Crippen LogP contribution in [0.2, 0.25) is 0 Å². The van der Waals surface area contributed by atoms with Gasteiger partial charge in [0.25, 0.3) is 0 Å². The summed E-state index contributed by atoms with van der Waals surface area (Å²) in [6.07, 6.45) is 6.41. The van der Waals surface area contributed by atoms with Crippen LogP contribution in [0.1, 0.15) is 24.3 Å². The van der Waals surface area contributed by atoms with Gasteiger partial charge in [-0.1, -0.05) is 0 Å². The Hall–Kier alpha value is -0.830. The molecular weight excluding hydrogens is 164 g/mol. The number of piperidine rings is 1.